The molecule has 7 heteroatoms. The summed E-state index contributed by atoms with van der Waals surface area (Å²) in [6.45, 7) is 4.82. The molecule has 0 spiro atoms. The number of halogens is 1. The van der Waals surface area contributed by atoms with Crippen molar-refractivity contribution in [3.63, 3.8) is 0 Å². The Bertz CT molecular complexity index is 1230. The lowest BCUT2D eigenvalue weighted by atomic mass is 10.1. The first-order valence-corrected chi connectivity index (χ1v) is 9.76. The van der Waals surface area contributed by atoms with Gasteiger partial charge < -0.3 is 14.6 Å². The second-order valence-corrected chi connectivity index (χ2v) is 7.14. The van der Waals surface area contributed by atoms with E-state index in [1.165, 1.54) is 12.1 Å². The molecule has 1 N–H and O–H groups in total. The fourth-order valence-corrected chi connectivity index (χ4v) is 3.62. The van der Waals surface area contributed by atoms with Crippen LogP contribution >= 0.6 is 0 Å². The van der Waals surface area contributed by atoms with Gasteiger partial charge in [-0.15, -0.1) is 0 Å². The molecule has 6 nitrogen and oxygen atoms in total. The van der Waals surface area contributed by atoms with Crippen LogP contribution in [0.15, 0.2) is 54.9 Å². The van der Waals surface area contributed by atoms with Crippen molar-refractivity contribution in [1.82, 2.24) is 14.3 Å². The topological polar surface area (TPSA) is 61.1 Å². The Kier molecular flexibility index (Phi) is 5.27. The molecule has 0 saturated carbocycles. The first-order chi connectivity index (χ1) is 14.5. The molecule has 0 unspecified atom stereocenters. The summed E-state index contributed by atoms with van der Waals surface area (Å²) in [5, 5.41) is 8.03. The molecule has 154 valence electrons. The lowest BCUT2D eigenvalue weighted by molar-refractivity contribution is 0.102. The zero-order valence-electron chi connectivity index (χ0n) is 17.1. The minimum absolute atomic E-state index is 0.211. The van der Waals surface area contributed by atoms with Gasteiger partial charge in [-0.2, -0.15) is 5.10 Å². The normalized spacial score (nSPS) is 11.1. The van der Waals surface area contributed by atoms with Crippen LogP contribution in [0.3, 0.4) is 0 Å². The zero-order valence-corrected chi connectivity index (χ0v) is 17.1. The number of ether oxygens (including phenoxy) is 1. The smallest absolute Gasteiger partial charge is 0.258 e. The molecule has 0 radical (unpaired) electrons. The number of nitrogens with one attached hydrogen (secondary N) is 1. The lowest BCUT2D eigenvalue weighted by Crippen LogP contribution is -2.13. The molecule has 2 heterocycles. The highest BCUT2D eigenvalue weighted by Gasteiger charge is 2.20. The number of rotatable bonds is 6. The van der Waals surface area contributed by atoms with E-state index in [0.29, 0.717) is 24.4 Å². The van der Waals surface area contributed by atoms with Crippen molar-refractivity contribution >= 4 is 22.5 Å². The SMILES string of the molecule is CCOc1ccc2c(c1)c(C(=O)Nc1cnn(Cc3cccc(F)c3)c1)c(C)n2C. The van der Waals surface area contributed by atoms with E-state index >= 15 is 0 Å². The molecule has 0 bridgehead atoms. The second-order valence-electron chi connectivity index (χ2n) is 7.14. The standard InChI is InChI=1S/C23H23FN4O2/c1-4-30-19-8-9-21-20(11-19)22(15(2)27(21)3)23(29)26-18-12-25-28(14-18)13-16-6-5-7-17(24)10-16/h5-12,14H,4,13H2,1-3H3,(H,26,29). The van der Waals surface area contributed by atoms with E-state index in [9.17, 15) is 9.18 Å². The molecule has 4 aromatic rings. The summed E-state index contributed by atoms with van der Waals surface area (Å²) < 4.78 is 22.6. The van der Waals surface area contributed by atoms with E-state index in [0.717, 1.165) is 27.9 Å². The Balaban J connectivity index is 1.58. The number of carbonyl (C=O) groups excluding carboxylic acids is 1. The number of nitrogens with zero attached hydrogens (tertiary/aromatic N) is 3. The Morgan fingerprint density at radius 1 is 1.23 bits per heavy atom. The molecule has 4 rings (SSSR count). The number of hydrogen-bond acceptors (Lipinski definition) is 3. The number of aromatic nitrogens is 3. The predicted molar refractivity (Wildman–Crippen MR) is 115 cm³/mol. The van der Waals surface area contributed by atoms with Crippen LogP contribution in [0.2, 0.25) is 0 Å². The van der Waals surface area contributed by atoms with Gasteiger partial charge in [-0.05, 0) is 49.7 Å². The van der Waals surface area contributed by atoms with E-state index in [4.69, 9.17) is 4.74 Å². The highest BCUT2D eigenvalue weighted by atomic mass is 19.1. The van der Waals surface area contributed by atoms with Crippen molar-refractivity contribution in [2.75, 3.05) is 11.9 Å². The lowest BCUT2D eigenvalue weighted by Gasteiger charge is -2.05. The number of hydrogen-bond donors (Lipinski definition) is 1. The van der Waals surface area contributed by atoms with Crippen LogP contribution in [0.25, 0.3) is 10.9 Å². The summed E-state index contributed by atoms with van der Waals surface area (Å²) in [5.74, 6) is 0.232. The summed E-state index contributed by atoms with van der Waals surface area (Å²) in [6.07, 6.45) is 3.32. The third-order valence-corrected chi connectivity index (χ3v) is 5.13. The quantitative estimate of drug-likeness (QED) is 0.512. The number of fused-ring (bicyclic) bond motifs is 1. The molecule has 2 aromatic carbocycles. The van der Waals surface area contributed by atoms with E-state index in [1.54, 1.807) is 23.1 Å². The van der Waals surface area contributed by atoms with Crippen molar-refractivity contribution < 1.29 is 13.9 Å². The third kappa shape index (κ3) is 3.78. The Labute approximate surface area is 173 Å². The summed E-state index contributed by atoms with van der Waals surface area (Å²) in [4.78, 5) is 13.1. The summed E-state index contributed by atoms with van der Waals surface area (Å²) >= 11 is 0. The van der Waals surface area contributed by atoms with Gasteiger partial charge in [-0.25, -0.2) is 4.39 Å². The number of benzene rings is 2. The highest BCUT2D eigenvalue weighted by molar-refractivity contribution is 6.14. The first-order valence-electron chi connectivity index (χ1n) is 9.76. The van der Waals surface area contributed by atoms with Crippen LogP contribution in [0.4, 0.5) is 10.1 Å². The monoisotopic (exact) mass is 406 g/mol. The van der Waals surface area contributed by atoms with E-state index < -0.39 is 0 Å². The van der Waals surface area contributed by atoms with Crippen molar-refractivity contribution in [3.05, 3.63) is 77.5 Å². The van der Waals surface area contributed by atoms with Gasteiger partial charge in [-0.1, -0.05) is 12.1 Å². The maximum Gasteiger partial charge on any atom is 0.258 e. The zero-order chi connectivity index (χ0) is 21.3. The molecule has 0 atom stereocenters. The van der Waals surface area contributed by atoms with Crippen LogP contribution < -0.4 is 10.1 Å². The van der Waals surface area contributed by atoms with Gasteiger partial charge in [0.1, 0.15) is 11.6 Å². The van der Waals surface area contributed by atoms with Crippen molar-refractivity contribution in [2.45, 2.75) is 20.4 Å². The number of amides is 1. The Hall–Kier alpha value is -3.61. The van der Waals surface area contributed by atoms with E-state index in [-0.39, 0.29) is 11.7 Å². The van der Waals surface area contributed by atoms with Gasteiger partial charge in [0.05, 0.1) is 30.6 Å². The van der Waals surface area contributed by atoms with E-state index in [1.807, 2.05) is 49.7 Å². The molecular weight excluding hydrogens is 383 g/mol. The largest absolute Gasteiger partial charge is 0.494 e. The molecule has 1 amide bonds. The number of anilines is 1. The third-order valence-electron chi connectivity index (χ3n) is 5.13. The van der Waals surface area contributed by atoms with Gasteiger partial charge in [0.15, 0.2) is 0 Å². The van der Waals surface area contributed by atoms with Crippen LogP contribution in [0, 0.1) is 12.7 Å². The number of aryl methyl sites for hydroxylation is 1. The summed E-state index contributed by atoms with van der Waals surface area (Å²) in [7, 11) is 1.94. The van der Waals surface area contributed by atoms with Gasteiger partial charge in [0.2, 0.25) is 0 Å². The minimum atomic E-state index is -0.286. The summed E-state index contributed by atoms with van der Waals surface area (Å²) in [5.41, 5.74) is 3.80. The van der Waals surface area contributed by atoms with Crippen molar-refractivity contribution in [1.29, 1.82) is 0 Å². The fourth-order valence-electron chi connectivity index (χ4n) is 3.62. The average Bonchev–Trinajstić information content (AvgIpc) is 3.24. The average molecular weight is 406 g/mol. The molecule has 0 aliphatic rings. The molecule has 0 saturated heterocycles. The molecule has 0 aliphatic carbocycles. The van der Waals surface area contributed by atoms with Gasteiger partial charge in [-0.3, -0.25) is 9.48 Å². The molecular formula is C23H23FN4O2. The molecule has 2 aromatic heterocycles. The van der Waals surface area contributed by atoms with Crippen LogP contribution in [0.1, 0.15) is 28.5 Å². The minimum Gasteiger partial charge on any atom is -0.494 e. The molecule has 0 aliphatic heterocycles. The maximum absolute atomic E-state index is 13.4. The van der Waals surface area contributed by atoms with Crippen molar-refractivity contribution in [3.8, 4) is 5.75 Å². The van der Waals surface area contributed by atoms with Gasteiger partial charge in [0, 0.05) is 29.8 Å². The van der Waals surface area contributed by atoms with Gasteiger partial charge >= 0.3 is 0 Å². The van der Waals surface area contributed by atoms with Gasteiger partial charge in [0.25, 0.3) is 5.91 Å². The second kappa shape index (κ2) is 8.02. The molecule has 30 heavy (non-hydrogen) atoms. The van der Waals surface area contributed by atoms with Crippen molar-refractivity contribution in [2.24, 2.45) is 7.05 Å². The van der Waals surface area contributed by atoms with E-state index in [2.05, 4.69) is 10.4 Å². The highest BCUT2D eigenvalue weighted by Crippen LogP contribution is 2.29. The Morgan fingerprint density at radius 3 is 2.83 bits per heavy atom. The first kappa shape index (κ1) is 19.7. The van der Waals surface area contributed by atoms with Crippen LogP contribution in [0.5, 0.6) is 5.75 Å². The van der Waals surface area contributed by atoms with Crippen LogP contribution in [-0.4, -0.2) is 26.9 Å². The van der Waals surface area contributed by atoms with Crippen LogP contribution in [-0.2, 0) is 13.6 Å². The fraction of sp³-hybridized carbons (Fsp3) is 0.217. The predicted octanol–water partition coefficient (Wildman–Crippen LogP) is 4.52. The number of carbonyl (C=O) groups is 1. The Morgan fingerprint density at radius 2 is 2.07 bits per heavy atom. The molecule has 0 fully saturated rings. The maximum atomic E-state index is 13.4. The summed E-state index contributed by atoms with van der Waals surface area (Å²) in [6, 6.07) is 12.1.